The zero-order valence-electron chi connectivity index (χ0n) is 11.5. The minimum atomic E-state index is 0.466. The molecule has 6 nitrogen and oxygen atoms in total. The molecule has 1 atom stereocenters. The van der Waals surface area contributed by atoms with E-state index >= 15 is 0 Å². The topological polar surface area (TPSA) is 73.1 Å². The molecule has 0 bridgehead atoms. The Morgan fingerprint density at radius 2 is 2.45 bits per heavy atom. The smallest absolute Gasteiger partial charge is 0.263 e. The van der Waals surface area contributed by atoms with Crippen LogP contribution in [0.25, 0.3) is 11.5 Å². The van der Waals surface area contributed by atoms with Gasteiger partial charge < -0.3 is 14.6 Å². The van der Waals surface area contributed by atoms with Gasteiger partial charge in [0.1, 0.15) is 5.56 Å². The lowest BCUT2D eigenvalue weighted by molar-refractivity contribution is 0.359. The number of hydrogen-bond acceptors (Lipinski definition) is 6. The van der Waals surface area contributed by atoms with Crippen LogP contribution >= 0.6 is 0 Å². The minimum absolute atomic E-state index is 0.466. The molecular weight excluding hydrogens is 256 g/mol. The predicted octanol–water partition coefficient (Wildman–Crippen LogP) is 1.68. The van der Waals surface area contributed by atoms with Gasteiger partial charge in [-0.25, -0.2) is 4.98 Å². The molecule has 1 fully saturated rings. The van der Waals surface area contributed by atoms with Gasteiger partial charge in [0.25, 0.3) is 5.89 Å². The highest BCUT2D eigenvalue weighted by Gasteiger charge is 2.19. The van der Waals surface area contributed by atoms with Gasteiger partial charge in [-0.3, -0.25) is 0 Å². The van der Waals surface area contributed by atoms with E-state index < -0.39 is 0 Å². The van der Waals surface area contributed by atoms with Crippen molar-refractivity contribution >= 4 is 0 Å². The highest BCUT2D eigenvalue weighted by molar-refractivity contribution is 5.59. The number of ether oxygens (including phenoxy) is 1. The van der Waals surface area contributed by atoms with Crippen LogP contribution in [0.4, 0.5) is 0 Å². The van der Waals surface area contributed by atoms with Crippen LogP contribution < -0.4 is 10.1 Å². The van der Waals surface area contributed by atoms with Crippen LogP contribution in [0.1, 0.15) is 18.7 Å². The lowest BCUT2D eigenvalue weighted by atomic mass is 9.96. The van der Waals surface area contributed by atoms with Crippen molar-refractivity contribution in [3.8, 4) is 17.3 Å². The number of rotatable bonds is 4. The molecule has 0 aromatic carbocycles. The van der Waals surface area contributed by atoms with Crippen molar-refractivity contribution in [2.75, 3.05) is 20.2 Å². The summed E-state index contributed by atoms with van der Waals surface area (Å²) >= 11 is 0. The summed E-state index contributed by atoms with van der Waals surface area (Å²) in [6, 6.07) is 3.69. The van der Waals surface area contributed by atoms with Gasteiger partial charge in [0.2, 0.25) is 5.88 Å². The fraction of sp³-hybridized carbons (Fsp3) is 0.500. The molecule has 0 saturated carbocycles. The highest BCUT2D eigenvalue weighted by Crippen LogP contribution is 2.26. The molecule has 0 aliphatic carbocycles. The molecule has 0 spiro atoms. The van der Waals surface area contributed by atoms with Crippen molar-refractivity contribution in [3.05, 3.63) is 24.2 Å². The summed E-state index contributed by atoms with van der Waals surface area (Å²) < 4.78 is 10.5. The molecule has 1 aliphatic heterocycles. The van der Waals surface area contributed by atoms with Gasteiger partial charge in [0.15, 0.2) is 5.82 Å². The van der Waals surface area contributed by atoms with Gasteiger partial charge in [0.05, 0.1) is 7.11 Å². The Labute approximate surface area is 117 Å². The first-order valence-electron chi connectivity index (χ1n) is 6.89. The number of aromatic nitrogens is 3. The largest absolute Gasteiger partial charge is 0.480 e. The van der Waals surface area contributed by atoms with Crippen molar-refractivity contribution < 1.29 is 9.26 Å². The average molecular weight is 274 g/mol. The van der Waals surface area contributed by atoms with Gasteiger partial charge in [-0.05, 0) is 44.0 Å². The molecular formula is C14H18N4O2. The number of hydrogen-bond donors (Lipinski definition) is 1. The summed E-state index contributed by atoms with van der Waals surface area (Å²) in [5, 5.41) is 7.46. The van der Waals surface area contributed by atoms with Crippen molar-refractivity contribution in [3.63, 3.8) is 0 Å². The Bertz CT molecular complexity index is 564. The summed E-state index contributed by atoms with van der Waals surface area (Å²) in [5.74, 6) is 2.31. The number of nitrogens with zero attached hydrogens (tertiary/aromatic N) is 3. The number of pyridine rings is 1. The van der Waals surface area contributed by atoms with Crippen molar-refractivity contribution in [1.82, 2.24) is 20.4 Å². The molecule has 3 rings (SSSR count). The molecule has 106 valence electrons. The molecule has 0 amide bonds. The third kappa shape index (κ3) is 2.80. The third-order valence-electron chi connectivity index (χ3n) is 3.53. The van der Waals surface area contributed by atoms with Crippen LogP contribution in [-0.4, -0.2) is 35.3 Å². The molecule has 1 saturated heterocycles. The maximum atomic E-state index is 5.33. The van der Waals surface area contributed by atoms with Crippen molar-refractivity contribution in [2.45, 2.75) is 19.3 Å². The first-order chi connectivity index (χ1) is 9.86. The van der Waals surface area contributed by atoms with Crippen LogP contribution in [0.2, 0.25) is 0 Å². The maximum absolute atomic E-state index is 5.33. The van der Waals surface area contributed by atoms with Crippen LogP contribution in [0.3, 0.4) is 0 Å². The van der Waals surface area contributed by atoms with E-state index in [1.807, 2.05) is 12.1 Å². The Kier molecular flexibility index (Phi) is 3.92. The molecule has 0 radical (unpaired) electrons. The average Bonchev–Trinajstić information content (AvgIpc) is 2.96. The SMILES string of the molecule is COc1ncccc1-c1nc(CC2CCCNC2)no1. The summed E-state index contributed by atoms with van der Waals surface area (Å²) in [6.45, 7) is 2.14. The first kappa shape index (κ1) is 13.1. The fourth-order valence-corrected chi connectivity index (χ4v) is 2.52. The molecule has 20 heavy (non-hydrogen) atoms. The Morgan fingerprint density at radius 1 is 1.50 bits per heavy atom. The number of piperidine rings is 1. The van der Waals surface area contributed by atoms with Crippen LogP contribution in [0, 0.1) is 5.92 Å². The third-order valence-corrected chi connectivity index (χ3v) is 3.53. The quantitative estimate of drug-likeness (QED) is 0.914. The number of nitrogens with one attached hydrogen (secondary N) is 1. The summed E-state index contributed by atoms with van der Waals surface area (Å²) in [5.41, 5.74) is 0.732. The fourth-order valence-electron chi connectivity index (χ4n) is 2.52. The standard InChI is InChI=1S/C14H18N4O2/c1-19-13-11(5-3-7-16-13)14-17-12(18-20-14)8-10-4-2-6-15-9-10/h3,5,7,10,15H,2,4,6,8-9H2,1H3. The second-order valence-corrected chi connectivity index (χ2v) is 4.99. The van der Waals surface area contributed by atoms with E-state index in [2.05, 4.69) is 20.4 Å². The molecule has 1 N–H and O–H groups in total. The zero-order chi connectivity index (χ0) is 13.8. The summed E-state index contributed by atoms with van der Waals surface area (Å²) in [4.78, 5) is 8.60. The monoisotopic (exact) mass is 274 g/mol. The lowest BCUT2D eigenvalue weighted by Crippen LogP contribution is -2.31. The van der Waals surface area contributed by atoms with Gasteiger partial charge in [-0.15, -0.1) is 0 Å². The highest BCUT2D eigenvalue weighted by atomic mass is 16.5. The van der Waals surface area contributed by atoms with Crippen molar-refractivity contribution in [1.29, 1.82) is 0 Å². The number of methoxy groups -OCH3 is 1. The Balaban J connectivity index is 1.75. The van der Waals surface area contributed by atoms with Gasteiger partial charge >= 0.3 is 0 Å². The van der Waals surface area contributed by atoms with Gasteiger partial charge in [-0.2, -0.15) is 4.98 Å². The van der Waals surface area contributed by atoms with Crippen LogP contribution in [-0.2, 0) is 6.42 Å². The molecule has 6 heteroatoms. The lowest BCUT2D eigenvalue weighted by Gasteiger charge is -2.20. The maximum Gasteiger partial charge on any atom is 0.263 e. The molecule has 2 aromatic rings. The van der Waals surface area contributed by atoms with Crippen molar-refractivity contribution in [2.24, 2.45) is 5.92 Å². The normalized spacial score (nSPS) is 18.9. The molecule has 2 aromatic heterocycles. The summed E-state index contributed by atoms with van der Waals surface area (Å²) in [6.07, 6.45) is 4.95. The molecule has 1 aliphatic rings. The second kappa shape index (κ2) is 6.00. The molecule has 1 unspecified atom stereocenters. The molecule has 3 heterocycles. The predicted molar refractivity (Wildman–Crippen MR) is 73.4 cm³/mol. The minimum Gasteiger partial charge on any atom is -0.480 e. The van der Waals surface area contributed by atoms with E-state index in [0.717, 1.165) is 30.9 Å². The van der Waals surface area contributed by atoms with Crippen LogP contribution in [0.15, 0.2) is 22.9 Å². The van der Waals surface area contributed by atoms with Gasteiger partial charge in [-0.1, -0.05) is 5.16 Å². The summed E-state index contributed by atoms with van der Waals surface area (Å²) in [7, 11) is 1.58. The van der Waals surface area contributed by atoms with E-state index in [0.29, 0.717) is 17.7 Å². The van der Waals surface area contributed by atoms with E-state index in [1.165, 1.54) is 12.8 Å². The van der Waals surface area contributed by atoms with E-state index in [1.54, 1.807) is 13.3 Å². The van der Waals surface area contributed by atoms with Crippen LogP contribution in [0.5, 0.6) is 5.88 Å². The first-order valence-corrected chi connectivity index (χ1v) is 6.89. The zero-order valence-corrected chi connectivity index (χ0v) is 11.5. The van der Waals surface area contributed by atoms with E-state index in [-0.39, 0.29) is 0 Å². The van der Waals surface area contributed by atoms with E-state index in [4.69, 9.17) is 9.26 Å². The Hall–Kier alpha value is -1.95. The van der Waals surface area contributed by atoms with E-state index in [9.17, 15) is 0 Å². The Morgan fingerprint density at radius 3 is 3.25 bits per heavy atom. The second-order valence-electron chi connectivity index (χ2n) is 4.99. The van der Waals surface area contributed by atoms with Gasteiger partial charge in [0, 0.05) is 12.6 Å².